The Morgan fingerprint density at radius 1 is 1.08 bits per heavy atom. The van der Waals surface area contributed by atoms with Crippen LogP contribution in [-0.2, 0) is 17.9 Å². The number of hydrogen-bond acceptors (Lipinski definition) is 3. The lowest BCUT2D eigenvalue weighted by Gasteiger charge is -2.30. The number of amides is 1. The average Bonchev–Trinajstić information content (AvgIpc) is 2.63. The second-order valence-electron chi connectivity index (χ2n) is 7.47. The standard InChI is InChI=1S/C20H31N3O.2ClH/c1-16-8-12-23(13-9-16)15-19-5-3-2-4-18(19)14-22-20(24)17-6-10-21-11-7-17;;/h2-5,16-17,21H,6-15H2,1H3,(H,22,24);2*1H. The van der Waals surface area contributed by atoms with E-state index < -0.39 is 0 Å². The van der Waals surface area contributed by atoms with Crippen molar-refractivity contribution < 1.29 is 4.79 Å². The highest BCUT2D eigenvalue weighted by atomic mass is 35.5. The number of halogens is 2. The Morgan fingerprint density at radius 2 is 1.69 bits per heavy atom. The molecule has 2 heterocycles. The third-order valence-electron chi connectivity index (χ3n) is 5.55. The van der Waals surface area contributed by atoms with E-state index in [4.69, 9.17) is 0 Å². The summed E-state index contributed by atoms with van der Waals surface area (Å²) in [5.41, 5.74) is 2.62. The molecule has 2 fully saturated rings. The van der Waals surface area contributed by atoms with Gasteiger partial charge >= 0.3 is 0 Å². The van der Waals surface area contributed by atoms with Crippen LogP contribution >= 0.6 is 24.8 Å². The van der Waals surface area contributed by atoms with Gasteiger partial charge in [-0.3, -0.25) is 9.69 Å². The molecule has 0 aromatic heterocycles. The monoisotopic (exact) mass is 401 g/mol. The minimum absolute atomic E-state index is 0. The lowest BCUT2D eigenvalue weighted by molar-refractivity contribution is -0.125. The fourth-order valence-corrected chi connectivity index (χ4v) is 3.76. The highest BCUT2D eigenvalue weighted by Gasteiger charge is 2.21. The molecule has 2 saturated heterocycles. The Balaban J connectivity index is 0.00000169. The van der Waals surface area contributed by atoms with Crippen molar-refractivity contribution in [2.24, 2.45) is 11.8 Å². The molecule has 0 saturated carbocycles. The van der Waals surface area contributed by atoms with Crippen LogP contribution < -0.4 is 10.6 Å². The summed E-state index contributed by atoms with van der Waals surface area (Å²) < 4.78 is 0. The number of piperidine rings is 2. The summed E-state index contributed by atoms with van der Waals surface area (Å²) >= 11 is 0. The van der Waals surface area contributed by atoms with E-state index in [1.807, 2.05) is 0 Å². The zero-order chi connectivity index (χ0) is 16.8. The lowest BCUT2D eigenvalue weighted by Crippen LogP contribution is -2.38. The first-order chi connectivity index (χ1) is 11.7. The molecule has 1 amide bonds. The van der Waals surface area contributed by atoms with Crippen LogP contribution in [0.25, 0.3) is 0 Å². The Kier molecular flexibility index (Phi) is 10.6. The second kappa shape index (κ2) is 11.8. The van der Waals surface area contributed by atoms with Gasteiger partial charge in [0.05, 0.1) is 0 Å². The fraction of sp³-hybridized carbons (Fsp3) is 0.650. The molecule has 148 valence electrons. The summed E-state index contributed by atoms with van der Waals surface area (Å²) in [4.78, 5) is 14.9. The molecule has 0 bridgehead atoms. The van der Waals surface area contributed by atoms with Gasteiger partial charge < -0.3 is 10.6 Å². The van der Waals surface area contributed by atoms with E-state index in [1.165, 1.54) is 37.1 Å². The third kappa shape index (κ3) is 6.73. The first-order valence-corrected chi connectivity index (χ1v) is 9.50. The Bertz CT molecular complexity index is 542. The highest BCUT2D eigenvalue weighted by Crippen LogP contribution is 2.20. The van der Waals surface area contributed by atoms with E-state index in [0.717, 1.165) is 38.4 Å². The maximum atomic E-state index is 12.4. The van der Waals surface area contributed by atoms with E-state index >= 15 is 0 Å². The van der Waals surface area contributed by atoms with Gasteiger partial charge in [0, 0.05) is 19.0 Å². The normalized spacial score (nSPS) is 19.3. The number of carbonyl (C=O) groups is 1. The number of nitrogens with one attached hydrogen (secondary N) is 2. The molecular weight excluding hydrogens is 369 g/mol. The number of benzene rings is 1. The molecule has 6 heteroatoms. The van der Waals surface area contributed by atoms with Gasteiger partial charge in [-0.05, 0) is 68.9 Å². The van der Waals surface area contributed by atoms with Gasteiger partial charge in [0.25, 0.3) is 0 Å². The SMILES string of the molecule is CC1CCN(Cc2ccccc2CNC(=O)C2CCNCC2)CC1.Cl.Cl. The van der Waals surface area contributed by atoms with Crippen LogP contribution in [0.3, 0.4) is 0 Å². The van der Waals surface area contributed by atoms with Crippen molar-refractivity contribution in [2.75, 3.05) is 26.2 Å². The molecule has 2 aliphatic rings. The molecule has 0 spiro atoms. The topological polar surface area (TPSA) is 44.4 Å². The Morgan fingerprint density at radius 3 is 2.35 bits per heavy atom. The van der Waals surface area contributed by atoms with Crippen LogP contribution in [0, 0.1) is 11.8 Å². The summed E-state index contributed by atoms with van der Waals surface area (Å²) in [6.07, 6.45) is 4.52. The van der Waals surface area contributed by atoms with Crippen molar-refractivity contribution in [3.05, 3.63) is 35.4 Å². The fourth-order valence-electron chi connectivity index (χ4n) is 3.76. The van der Waals surface area contributed by atoms with Crippen LogP contribution in [0.1, 0.15) is 43.7 Å². The molecule has 0 atom stereocenters. The highest BCUT2D eigenvalue weighted by molar-refractivity contribution is 5.85. The van der Waals surface area contributed by atoms with Gasteiger partial charge in [-0.1, -0.05) is 31.2 Å². The average molecular weight is 402 g/mol. The van der Waals surface area contributed by atoms with E-state index in [-0.39, 0.29) is 36.6 Å². The van der Waals surface area contributed by atoms with Gasteiger partial charge in [-0.2, -0.15) is 0 Å². The molecule has 0 unspecified atom stereocenters. The summed E-state index contributed by atoms with van der Waals surface area (Å²) in [5, 5.41) is 6.48. The molecular formula is C20H33Cl2N3O. The van der Waals surface area contributed by atoms with Crippen molar-refractivity contribution in [3.8, 4) is 0 Å². The zero-order valence-electron chi connectivity index (χ0n) is 15.7. The molecule has 3 rings (SSSR count). The van der Waals surface area contributed by atoms with Crippen molar-refractivity contribution in [3.63, 3.8) is 0 Å². The lowest BCUT2D eigenvalue weighted by atomic mass is 9.96. The van der Waals surface area contributed by atoms with Crippen molar-refractivity contribution in [2.45, 2.75) is 45.7 Å². The number of carbonyl (C=O) groups excluding carboxylic acids is 1. The predicted molar refractivity (Wildman–Crippen MR) is 112 cm³/mol. The van der Waals surface area contributed by atoms with E-state index in [1.54, 1.807) is 0 Å². The number of rotatable bonds is 5. The summed E-state index contributed by atoms with van der Waals surface area (Å²) in [6, 6.07) is 8.56. The van der Waals surface area contributed by atoms with Crippen molar-refractivity contribution >= 4 is 30.7 Å². The van der Waals surface area contributed by atoms with Crippen molar-refractivity contribution in [1.29, 1.82) is 0 Å². The molecule has 0 aliphatic carbocycles. The Labute approximate surface area is 170 Å². The molecule has 2 aliphatic heterocycles. The predicted octanol–water partition coefficient (Wildman–Crippen LogP) is 3.38. The molecule has 4 nitrogen and oxygen atoms in total. The van der Waals surface area contributed by atoms with E-state index in [9.17, 15) is 4.79 Å². The van der Waals surface area contributed by atoms with Crippen LogP contribution in [0.15, 0.2) is 24.3 Å². The van der Waals surface area contributed by atoms with Crippen LogP contribution in [-0.4, -0.2) is 37.0 Å². The minimum atomic E-state index is 0. The minimum Gasteiger partial charge on any atom is -0.352 e. The maximum Gasteiger partial charge on any atom is 0.223 e. The van der Waals surface area contributed by atoms with Crippen LogP contribution in [0.5, 0.6) is 0 Å². The molecule has 2 N–H and O–H groups in total. The number of nitrogens with zero attached hydrogens (tertiary/aromatic N) is 1. The van der Waals surface area contributed by atoms with Crippen LogP contribution in [0.4, 0.5) is 0 Å². The molecule has 0 radical (unpaired) electrons. The molecule has 26 heavy (non-hydrogen) atoms. The molecule has 1 aromatic carbocycles. The molecule has 1 aromatic rings. The summed E-state index contributed by atoms with van der Waals surface area (Å²) in [7, 11) is 0. The summed E-state index contributed by atoms with van der Waals surface area (Å²) in [5.74, 6) is 1.26. The number of hydrogen-bond donors (Lipinski definition) is 2. The first kappa shape index (κ1) is 23.2. The largest absolute Gasteiger partial charge is 0.352 e. The van der Waals surface area contributed by atoms with Gasteiger partial charge in [0.15, 0.2) is 0 Å². The van der Waals surface area contributed by atoms with Gasteiger partial charge in [-0.15, -0.1) is 24.8 Å². The van der Waals surface area contributed by atoms with Gasteiger partial charge in [0.1, 0.15) is 0 Å². The van der Waals surface area contributed by atoms with Crippen molar-refractivity contribution in [1.82, 2.24) is 15.5 Å². The second-order valence-corrected chi connectivity index (χ2v) is 7.47. The van der Waals surface area contributed by atoms with Crippen LogP contribution in [0.2, 0.25) is 0 Å². The Hall–Kier alpha value is -0.810. The first-order valence-electron chi connectivity index (χ1n) is 9.50. The van der Waals surface area contributed by atoms with E-state index in [0.29, 0.717) is 6.54 Å². The van der Waals surface area contributed by atoms with Gasteiger partial charge in [0.2, 0.25) is 5.91 Å². The third-order valence-corrected chi connectivity index (χ3v) is 5.55. The quantitative estimate of drug-likeness (QED) is 0.794. The zero-order valence-corrected chi connectivity index (χ0v) is 17.3. The smallest absolute Gasteiger partial charge is 0.223 e. The van der Waals surface area contributed by atoms with Gasteiger partial charge in [-0.25, -0.2) is 0 Å². The summed E-state index contributed by atoms with van der Waals surface area (Å²) in [6.45, 7) is 8.31. The number of likely N-dealkylation sites (tertiary alicyclic amines) is 1. The maximum absolute atomic E-state index is 12.4. The van der Waals surface area contributed by atoms with E-state index in [2.05, 4.69) is 46.7 Å².